The van der Waals surface area contributed by atoms with E-state index in [9.17, 15) is 4.79 Å². The summed E-state index contributed by atoms with van der Waals surface area (Å²) in [7, 11) is 0. The third-order valence-electron chi connectivity index (χ3n) is 1.88. The van der Waals surface area contributed by atoms with E-state index in [-0.39, 0.29) is 5.91 Å². The van der Waals surface area contributed by atoms with Crippen molar-refractivity contribution >= 4 is 5.91 Å². The molecule has 2 heteroatoms. The summed E-state index contributed by atoms with van der Waals surface area (Å²) in [6.45, 7) is 4.27. The van der Waals surface area contributed by atoms with Gasteiger partial charge in [-0.3, -0.25) is 4.79 Å². The summed E-state index contributed by atoms with van der Waals surface area (Å²) in [5.41, 5.74) is 1.05. The van der Waals surface area contributed by atoms with Crippen molar-refractivity contribution in [2.45, 2.75) is 12.8 Å². The molecule has 0 heterocycles. The van der Waals surface area contributed by atoms with Crippen LogP contribution in [0.15, 0.2) is 43.0 Å². The van der Waals surface area contributed by atoms with Crippen LogP contribution in [0.25, 0.3) is 0 Å². The van der Waals surface area contributed by atoms with E-state index in [4.69, 9.17) is 0 Å². The maximum Gasteiger partial charge on any atom is 0.224 e. The lowest BCUT2D eigenvalue weighted by atomic mass is 10.1. The summed E-state index contributed by atoms with van der Waals surface area (Å²) >= 11 is 0. The van der Waals surface area contributed by atoms with E-state index < -0.39 is 0 Å². The average Bonchev–Trinajstić information content (AvgIpc) is 2.20. The predicted molar refractivity (Wildman–Crippen MR) is 58.0 cm³/mol. The molecule has 1 aromatic carbocycles. The van der Waals surface area contributed by atoms with Gasteiger partial charge in [-0.25, -0.2) is 0 Å². The first kappa shape index (κ1) is 10.5. The molecule has 0 unspecified atom stereocenters. The maximum absolute atomic E-state index is 11.3. The van der Waals surface area contributed by atoms with Gasteiger partial charge >= 0.3 is 0 Å². The van der Waals surface area contributed by atoms with Crippen molar-refractivity contribution in [1.82, 2.24) is 5.32 Å². The summed E-state index contributed by atoms with van der Waals surface area (Å²) in [4.78, 5) is 11.3. The lowest BCUT2D eigenvalue weighted by Gasteiger charge is -2.02. The molecular formula is C12H15NO. The Morgan fingerprint density at radius 2 is 2.07 bits per heavy atom. The molecule has 2 nitrogen and oxygen atoms in total. The number of carbonyl (C=O) groups excluding carboxylic acids is 1. The molecular weight excluding hydrogens is 174 g/mol. The molecule has 14 heavy (non-hydrogen) atoms. The Kier molecular flexibility index (Phi) is 4.48. The topological polar surface area (TPSA) is 29.1 Å². The Morgan fingerprint density at radius 3 is 2.71 bits per heavy atom. The van der Waals surface area contributed by atoms with E-state index >= 15 is 0 Å². The lowest BCUT2D eigenvalue weighted by Crippen LogP contribution is -2.25. The molecule has 1 aromatic rings. The van der Waals surface area contributed by atoms with Crippen LogP contribution in [-0.2, 0) is 11.2 Å². The van der Waals surface area contributed by atoms with Crippen molar-refractivity contribution in [1.29, 1.82) is 0 Å². The molecule has 0 aliphatic rings. The van der Waals surface area contributed by atoms with Crippen LogP contribution < -0.4 is 5.32 Å². The van der Waals surface area contributed by atoms with Crippen molar-refractivity contribution in [2.75, 3.05) is 6.54 Å². The Bertz CT molecular complexity index is 292. The zero-order valence-corrected chi connectivity index (χ0v) is 8.20. The monoisotopic (exact) mass is 189 g/mol. The smallest absolute Gasteiger partial charge is 0.224 e. The number of amides is 1. The largest absolute Gasteiger partial charge is 0.356 e. The van der Waals surface area contributed by atoms with Crippen LogP contribution in [0.4, 0.5) is 0 Å². The Labute approximate surface area is 84.6 Å². The Balaban J connectivity index is 2.31. The van der Waals surface area contributed by atoms with Crippen LogP contribution in [0.2, 0.25) is 0 Å². The van der Waals surface area contributed by atoms with E-state index in [2.05, 4.69) is 11.9 Å². The van der Waals surface area contributed by atoms with Crippen LogP contribution in [0, 0.1) is 0 Å². The number of rotatable bonds is 5. The molecule has 0 aromatic heterocycles. The lowest BCUT2D eigenvalue weighted by molar-refractivity contribution is -0.120. The SMILES string of the molecule is C=CCCNC(=O)Cc1ccccc1. The fourth-order valence-corrected chi connectivity index (χ4v) is 1.16. The van der Waals surface area contributed by atoms with Gasteiger partial charge in [-0.15, -0.1) is 6.58 Å². The van der Waals surface area contributed by atoms with Crippen LogP contribution in [0.3, 0.4) is 0 Å². The molecule has 0 atom stereocenters. The molecule has 0 spiro atoms. The zero-order chi connectivity index (χ0) is 10.2. The second kappa shape index (κ2) is 5.97. The standard InChI is InChI=1S/C12H15NO/c1-2-3-9-13-12(14)10-11-7-5-4-6-8-11/h2,4-8H,1,3,9-10H2,(H,13,14). The second-order valence-electron chi connectivity index (χ2n) is 3.09. The van der Waals surface area contributed by atoms with Crippen molar-refractivity contribution in [2.24, 2.45) is 0 Å². The maximum atomic E-state index is 11.3. The van der Waals surface area contributed by atoms with Gasteiger partial charge in [0, 0.05) is 6.54 Å². The molecule has 0 aliphatic heterocycles. The van der Waals surface area contributed by atoms with Gasteiger partial charge in [0.2, 0.25) is 5.91 Å². The minimum Gasteiger partial charge on any atom is -0.356 e. The number of nitrogens with one attached hydrogen (secondary N) is 1. The number of benzene rings is 1. The number of carbonyl (C=O) groups is 1. The first-order valence-corrected chi connectivity index (χ1v) is 4.74. The van der Waals surface area contributed by atoms with Crippen LogP contribution in [-0.4, -0.2) is 12.5 Å². The average molecular weight is 189 g/mol. The minimum atomic E-state index is 0.0676. The number of hydrogen-bond acceptors (Lipinski definition) is 1. The third-order valence-corrected chi connectivity index (χ3v) is 1.88. The third kappa shape index (κ3) is 3.90. The van der Waals surface area contributed by atoms with E-state index in [1.807, 2.05) is 30.3 Å². The quantitative estimate of drug-likeness (QED) is 0.556. The zero-order valence-electron chi connectivity index (χ0n) is 8.20. The first-order valence-electron chi connectivity index (χ1n) is 4.74. The number of hydrogen-bond donors (Lipinski definition) is 1. The highest BCUT2D eigenvalue weighted by Gasteiger charge is 2.00. The fourth-order valence-electron chi connectivity index (χ4n) is 1.16. The van der Waals surface area contributed by atoms with Gasteiger partial charge in [-0.2, -0.15) is 0 Å². The van der Waals surface area contributed by atoms with Crippen molar-refractivity contribution < 1.29 is 4.79 Å². The molecule has 0 saturated carbocycles. The van der Waals surface area contributed by atoms with Crippen LogP contribution >= 0.6 is 0 Å². The fraction of sp³-hybridized carbons (Fsp3) is 0.250. The van der Waals surface area contributed by atoms with Crippen molar-refractivity contribution in [3.63, 3.8) is 0 Å². The van der Waals surface area contributed by atoms with E-state index in [0.29, 0.717) is 13.0 Å². The molecule has 1 amide bonds. The van der Waals surface area contributed by atoms with Gasteiger partial charge in [-0.05, 0) is 12.0 Å². The van der Waals surface area contributed by atoms with Gasteiger partial charge in [0.05, 0.1) is 6.42 Å². The van der Waals surface area contributed by atoms with E-state index in [1.165, 1.54) is 0 Å². The van der Waals surface area contributed by atoms with Gasteiger partial charge in [-0.1, -0.05) is 36.4 Å². The van der Waals surface area contributed by atoms with E-state index in [1.54, 1.807) is 6.08 Å². The van der Waals surface area contributed by atoms with Crippen LogP contribution in [0.5, 0.6) is 0 Å². The molecule has 0 radical (unpaired) electrons. The van der Waals surface area contributed by atoms with Gasteiger partial charge in [0.15, 0.2) is 0 Å². The Hall–Kier alpha value is -1.57. The highest BCUT2D eigenvalue weighted by Crippen LogP contribution is 1.98. The minimum absolute atomic E-state index is 0.0676. The summed E-state index contributed by atoms with van der Waals surface area (Å²) in [5, 5.41) is 2.82. The van der Waals surface area contributed by atoms with Crippen molar-refractivity contribution in [3.8, 4) is 0 Å². The highest BCUT2D eigenvalue weighted by molar-refractivity contribution is 5.78. The summed E-state index contributed by atoms with van der Waals surface area (Å²) < 4.78 is 0. The summed E-state index contributed by atoms with van der Waals surface area (Å²) in [6, 6.07) is 9.72. The predicted octanol–water partition coefficient (Wildman–Crippen LogP) is 1.92. The molecule has 0 fully saturated rings. The first-order chi connectivity index (χ1) is 6.83. The molecule has 0 bridgehead atoms. The van der Waals surface area contributed by atoms with Crippen LogP contribution in [0.1, 0.15) is 12.0 Å². The van der Waals surface area contributed by atoms with Gasteiger partial charge in [0.25, 0.3) is 0 Å². The van der Waals surface area contributed by atoms with Gasteiger partial charge < -0.3 is 5.32 Å². The molecule has 0 aliphatic carbocycles. The molecule has 1 rings (SSSR count). The Morgan fingerprint density at radius 1 is 1.36 bits per heavy atom. The molecule has 74 valence electrons. The highest BCUT2D eigenvalue weighted by atomic mass is 16.1. The second-order valence-corrected chi connectivity index (χ2v) is 3.09. The molecule has 1 N–H and O–H groups in total. The summed E-state index contributed by atoms with van der Waals surface area (Å²) in [6.07, 6.45) is 3.07. The van der Waals surface area contributed by atoms with Crippen molar-refractivity contribution in [3.05, 3.63) is 48.6 Å². The van der Waals surface area contributed by atoms with E-state index in [0.717, 1.165) is 12.0 Å². The molecule has 0 saturated heterocycles. The normalized spacial score (nSPS) is 9.43. The van der Waals surface area contributed by atoms with Gasteiger partial charge in [0.1, 0.15) is 0 Å². The summed E-state index contributed by atoms with van der Waals surface area (Å²) in [5.74, 6) is 0.0676.